The molecule has 0 aliphatic heterocycles. The highest BCUT2D eigenvalue weighted by atomic mass is 16.6. The number of amides is 1. The van der Waals surface area contributed by atoms with Gasteiger partial charge in [0.15, 0.2) is 0 Å². The van der Waals surface area contributed by atoms with E-state index >= 15 is 0 Å². The van der Waals surface area contributed by atoms with Crippen LogP contribution in [0.25, 0.3) is 0 Å². The van der Waals surface area contributed by atoms with Gasteiger partial charge in [-0.05, 0) is 49.8 Å². The summed E-state index contributed by atoms with van der Waals surface area (Å²) in [4.78, 5) is 16.3. The Morgan fingerprint density at radius 3 is 2.74 bits per heavy atom. The van der Waals surface area contributed by atoms with Crippen molar-refractivity contribution < 1.29 is 14.5 Å². The van der Waals surface area contributed by atoms with Crippen molar-refractivity contribution in [2.24, 2.45) is 5.92 Å². The average Bonchev–Trinajstić information content (AvgIpc) is 2.89. The van der Waals surface area contributed by atoms with E-state index in [4.69, 9.17) is 0 Å². The number of aryl methyl sites for hydroxylation is 1. The van der Waals surface area contributed by atoms with Crippen molar-refractivity contribution >= 4 is 5.91 Å². The number of pyridine rings is 1. The maximum Gasteiger partial charge on any atom is 0.226 e. The molecule has 1 saturated carbocycles. The van der Waals surface area contributed by atoms with E-state index in [2.05, 4.69) is 25.2 Å². The Labute approximate surface area is 134 Å². The van der Waals surface area contributed by atoms with Crippen molar-refractivity contribution in [1.29, 1.82) is 0 Å². The van der Waals surface area contributed by atoms with Crippen LogP contribution in [0.1, 0.15) is 29.8 Å². The number of carbonyl (C=O) groups excluding carboxylic acids is 1. The molecule has 0 bridgehead atoms. The van der Waals surface area contributed by atoms with Gasteiger partial charge in [0.2, 0.25) is 5.91 Å². The first kappa shape index (κ1) is 15.6. The van der Waals surface area contributed by atoms with Crippen molar-refractivity contribution in [1.82, 2.24) is 20.6 Å². The fraction of sp³-hybridized carbons (Fsp3) is 0.500. The minimum atomic E-state index is -0.251. The molecule has 2 N–H and O–H groups in total. The highest BCUT2D eigenvalue weighted by Gasteiger charge is 2.34. The molecule has 1 aliphatic carbocycles. The SMILES string of the molecule is Cc1nonc1CC(=O)NC(Cc1ccncc1)C1CC(O)C1. The second-order valence-corrected chi connectivity index (χ2v) is 6.09. The summed E-state index contributed by atoms with van der Waals surface area (Å²) in [5.74, 6) is 0.183. The lowest BCUT2D eigenvalue weighted by atomic mass is 9.75. The summed E-state index contributed by atoms with van der Waals surface area (Å²) >= 11 is 0. The van der Waals surface area contributed by atoms with Crippen LogP contribution in [0.2, 0.25) is 0 Å². The molecule has 0 aromatic carbocycles. The quantitative estimate of drug-likeness (QED) is 0.818. The normalized spacial score (nSPS) is 21.5. The largest absolute Gasteiger partial charge is 0.393 e. The van der Waals surface area contributed by atoms with Crippen molar-refractivity contribution in [2.75, 3.05) is 0 Å². The van der Waals surface area contributed by atoms with Gasteiger partial charge in [-0.3, -0.25) is 9.78 Å². The van der Waals surface area contributed by atoms with E-state index in [-0.39, 0.29) is 24.5 Å². The van der Waals surface area contributed by atoms with Crippen molar-refractivity contribution in [3.63, 3.8) is 0 Å². The Morgan fingerprint density at radius 2 is 2.13 bits per heavy atom. The number of nitrogens with one attached hydrogen (secondary N) is 1. The Balaban J connectivity index is 1.63. The Kier molecular flexibility index (Phi) is 4.66. The maximum absolute atomic E-state index is 12.3. The van der Waals surface area contributed by atoms with Gasteiger partial charge in [0.1, 0.15) is 11.4 Å². The zero-order chi connectivity index (χ0) is 16.2. The minimum absolute atomic E-state index is 0.00605. The molecule has 0 spiro atoms. The van der Waals surface area contributed by atoms with Gasteiger partial charge < -0.3 is 10.4 Å². The summed E-state index contributed by atoms with van der Waals surface area (Å²) < 4.78 is 4.62. The molecule has 1 fully saturated rings. The van der Waals surface area contributed by atoms with Crippen LogP contribution in [-0.4, -0.2) is 38.5 Å². The molecule has 7 heteroatoms. The van der Waals surface area contributed by atoms with E-state index in [1.165, 1.54) is 0 Å². The molecule has 1 atom stereocenters. The molecule has 3 rings (SSSR count). The van der Waals surface area contributed by atoms with E-state index in [0.29, 0.717) is 17.3 Å². The van der Waals surface area contributed by atoms with Crippen LogP contribution in [0.3, 0.4) is 0 Å². The fourth-order valence-corrected chi connectivity index (χ4v) is 2.89. The third-order valence-corrected chi connectivity index (χ3v) is 4.34. The van der Waals surface area contributed by atoms with Gasteiger partial charge in [-0.25, -0.2) is 4.63 Å². The predicted octanol–water partition coefficient (Wildman–Crippen LogP) is 0.814. The van der Waals surface area contributed by atoms with Crippen molar-refractivity contribution in [3.05, 3.63) is 41.5 Å². The molecule has 122 valence electrons. The standard InChI is InChI=1S/C16H20N4O3/c1-10-14(20-23-19-10)9-16(22)18-15(12-7-13(21)8-12)6-11-2-4-17-5-3-11/h2-5,12-13,15,21H,6-9H2,1H3,(H,18,22). The number of aromatic nitrogens is 3. The van der Waals surface area contributed by atoms with E-state index in [1.807, 2.05) is 12.1 Å². The molecule has 2 aromatic heterocycles. The summed E-state index contributed by atoms with van der Waals surface area (Å²) in [6.07, 6.45) is 5.56. The van der Waals surface area contributed by atoms with Crippen molar-refractivity contribution in [3.8, 4) is 0 Å². The summed E-state index contributed by atoms with van der Waals surface area (Å²) in [6, 6.07) is 3.88. The molecule has 23 heavy (non-hydrogen) atoms. The van der Waals surface area contributed by atoms with Gasteiger partial charge in [-0.2, -0.15) is 0 Å². The van der Waals surface area contributed by atoms with Gasteiger partial charge >= 0.3 is 0 Å². The lowest BCUT2D eigenvalue weighted by Crippen LogP contribution is -2.48. The van der Waals surface area contributed by atoms with E-state index in [0.717, 1.165) is 24.8 Å². The summed E-state index contributed by atoms with van der Waals surface area (Å²) in [7, 11) is 0. The second-order valence-electron chi connectivity index (χ2n) is 6.09. The van der Waals surface area contributed by atoms with Gasteiger partial charge in [0, 0.05) is 18.4 Å². The Bertz CT molecular complexity index is 652. The van der Waals surface area contributed by atoms with Crippen LogP contribution >= 0.6 is 0 Å². The van der Waals surface area contributed by atoms with Gasteiger partial charge in [-0.15, -0.1) is 0 Å². The second kappa shape index (κ2) is 6.87. The van der Waals surface area contributed by atoms with Gasteiger partial charge in [0.25, 0.3) is 0 Å². The third kappa shape index (κ3) is 3.92. The van der Waals surface area contributed by atoms with Crippen LogP contribution in [0, 0.1) is 12.8 Å². The predicted molar refractivity (Wildman–Crippen MR) is 81.3 cm³/mol. The van der Waals surface area contributed by atoms with Crippen LogP contribution < -0.4 is 5.32 Å². The smallest absolute Gasteiger partial charge is 0.226 e. The van der Waals surface area contributed by atoms with E-state index in [1.54, 1.807) is 19.3 Å². The molecule has 1 unspecified atom stereocenters. The van der Waals surface area contributed by atoms with Gasteiger partial charge in [0.05, 0.1) is 12.5 Å². The first-order chi connectivity index (χ1) is 11.1. The van der Waals surface area contributed by atoms with Crippen LogP contribution in [0.15, 0.2) is 29.2 Å². The van der Waals surface area contributed by atoms with E-state index < -0.39 is 0 Å². The number of aliphatic hydroxyl groups is 1. The highest BCUT2D eigenvalue weighted by molar-refractivity contribution is 5.78. The van der Waals surface area contributed by atoms with Crippen LogP contribution in [0.5, 0.6) is 0 Å². The molecule has 2 aromatic rings. The summed E-state index contributed by atoms with van der Waals surface area (Å²) in [5.41, 5.74) is 2.30. The topological polar surface area (TPSA) is 101 Å². The summed E-state index contributed by atoms with van der Waals surface area (Å²) in [5, 5.41) is 20.1. The number of nitrogens with zero attached hydrogens (tertiary/aromatic N) is 3. The lowest BCUT2D eigenvalue weighted by Gasteiger charge is -2.38. The Hall–Kier alpha value is -2.28. The number of carbonyl (C=O) groups is 1. The molecule has 1 amide bonds. The lowest BCUT2D eigenvalue weighted by molar-refractivity contribution is -0.122. The fourth-order valence-electron chi connectivity index (χ4n) is 2.89. The van der Waals surface area contributed by atoms with Crippen LogP contribution in [-0.2, 0) is 17.6 Å². The maximum atomic E-state index is 12.3. The zero-order valence-corrected chi connectivity index (χ0v) is 13.0. The number of aliphatic hydroxyl groups excluding tert-OH is 1. The first-order valence-electron chi connectivity index (χ1n) is 7.76. The van der Waals surface area contributed by atoms with Crippen molar-refractivity contribution in [2.45, 2.75) is 44.8 Å². The molecule has 7 nitrogen and oxygen atoms in total. The first-order valence-corrected chi connectivity index (χ1v) is 7.76. The Morgan fingerprint density at radius 1 is 1.39 bits per heavy atom. The van der Waals surface area contributed by atoms with E-state index in [9.17, 15) is 9.90 Å². The highest BCUT2D eigenvalue weighted by Crippen LogP contribution is 2.31. The molecule has 2 heterocycles. The summed E-state index contributed by atoms with van der Waals surface area (Å²) in [6.45, 7) is 1.76. The monoisotopic (exact) mass is 316 g/mol. The molecular formula is C16H20N4O3. The van der Waals surface area contributed by atoms with Gasteiger partial charge in [-0.1, -0.05) is 10.3 Å². The molecule has 0 saturated heterocycles. The molecule has 0 radical (unpaired) electrons. The minimum Gasteiger partial charge on any atom is -0.393 e. The molecular weight excluding hydrogens is 296 g/mol. The average molecular weight is 316 g/mol. The zero-order valence-electron chi connectivity index (χ0n) is 13.0. The number of hydrogen-bond acceptors (Lipinski definition) is 6. The number of hydrogen-bond donors (Lipinski definition) is 2. The molecule has 1 aliphatic rings. The number of rotatable bonds is 6. The third-order valence-electron chi connectivity index (χ3n) is 4.34. The van der Waals surface area contributed by atoms with Crippen LogP contribution in [0.4, 0.5) is 0 Å².